The Morgan fingerprint density at radius 2 is 2.19 bits per heavy atom. The lowest BCUT2D eigenvalue weighted by molar-refractivity contribution is 0.102. The van der Waals surface area contributed by atoms with Gasteiger partial charge in [-0.25, -0.2) is 0 Å². The minimum Gasteiger partial charge on any atom is -0.305 e. The number of hydrogen-bond donors (Lipinski definition) is 2. The van der Waals surface area contributed by atoms with Crippen LogP contribution < -0.4 is 5.32 Å². The van der Waals surface area contributed by atoms with Crippen LogP contribution in [0.1, 0.15) is 16.1 Å². The molecule has 5 heteroatoms. The molecule has 4 nitrogen and oxygen atoms in total. The number of aryl methyl sites for hydroxylation is 1. The van der Waals surface area contributed by atoms with Gasteiger partial charge in [0, 0.05) is 16.2 Å². The van der Waals surface area contributed by atoms with Crippen LogP contribution in [-0.4, -0.2) is 16.1 Å². The lowest BCUT2D eigenvalue weighted by Gasteiger charge is -2.03. The number of carbonyl (C=O) groups is 1. The number of rotatable bonds is 2. The second kappa shape index (κ2) is 4.49. The summed E-state index contributed by atoms with van der Waals surface area (Å²) in [6.07, 6.45) is 0. The van der Waals surface area contributed by atoms with E-state index in [9.17, 15) is 4.79 Å². The molecular formula is C11H10BrN3O. The Morgan fingerprint density at radius 1 is 1.44 bits per heavy atom. The predicted octanol–water partition coefficient (Wildman–Crippen LogP) is 2.73. The molecule has 0 aliphatic rings. The van der Waals surface area contributed by atoms with Crippen LogP contribution in [-0.2, 0) is 0 Å². The summed E-state index contributed by atoms with van der Waals surface area (Å²) in [5.41, 5.74) is 1.49. The molecule has 0 bridgehead atoms. The monoisotopic (exact) mass is 279 g/mol. The largest absolute Gasteiger partial charge is 0.305 e. The van der Waals surface area contributed by atoms with E-state index in [0.29, 0.717) is 11.4 Å². The summed E-state index contributed by atoms with van der Waals surface area (Å²) in [7, 11) is 0. The highest BCUT2D eigenvalue weighted by molar-refractivity contribution is 9.10. The van der Waals surface area contributed by atoms with Crippen molar-refractivity contribution in [3.63, 3.8) is 0 Å². The van der Waals surface area contributed by atoms with Crippen LogP contribution >= 0.6 is 15.9 Å². The Labute approximate surface area is 101 Å². The van der Waals surface area contributed by atoms with Crippen molar-refractivity contribution in [2.75, 3.05) is 5.32 Å². The van der Waals surface area contributed by atoms with E-state index in [1.165, 1.54) is 0 Å². The third-order valence-electron chi connectivity index (χ3n) is 2.07. The molecule has 1 heterocycles. The summed E-state index contributed by atoms with van der Waals surface area (Å²) in [5.74, 6) is 0.345. The highest BCUT2D eigenvalue weighted by Crippen LogP contribution is 2.17. The Morgan fingerprint density at radius 3 is 2.81 bits per heavy atom. The number of benzene rings is 1. The molecule has 0 spiro atoms. The van der Waals surface area contributed by atoms with Gasteiger partial charge in [0.15, 0.2) is 5.82 Å². The molecule has 0 aliphatic heterocycles. The fraction of sp³-hybridized carbons (Fsp3) is 0.0909. The van der Waals surface area contributed by atoms with Gasteiger partial charge < -0.3 is 5.32 Å². The average Bonchev–Trinajstić information content (AvgIpc) is 2.64. The highest BCUT2D eigenvalue weighted by atomic mass is 79.9. The molecule has 16 heavy (non-hydrogen) atoms. The average molecular weight is 280 g/mol. The van der Waals surface area contributed by atoms with Gasteiger partial charge in [-0.2, -0.15) is 5.10 Å². The summed E-state index contributed by atoms with van der Waals surface area (Å²) in [6, 6.07) is 9.02. The smallest absolute Gasteiger partial charge is 0.258 e. The van der Waals surface area contributed by atoms with Crippen molar-refractivity contribution in [1.29, 1.82) is 0 Å². The predicted molar refractivity (Wildman–Crippen MR) is 65.4 cm³/mol. The minimum absolute atomic E-state index is 0.182. The van der Waals surface area contributed by atoms with Crippen molar-refractivity contribution in [3.8, 4) is 0 Å². The molecule has 1 aromatic carbocycles. The zero-order valence-corrected chi connectivity index (χ0v) is 10.2. The number of H-pyrrole nitrogens is 1. The molecule has 0 fully saturated rings. The lowest BCUT2D eigenvalue weighted by Crippen LogP contribution is -2.12. The topological polar surface area (TPSA) is 57.8 Å². The number of anilines is 1. The van der Waals surface area contributed by atoms with Crippen LogP contribution in [0.5, 0.6) is 0 Å². The maximum atomic E-state index is 11.8. The molecule has 0 radical (unpaired) electrons. The molecule has 0 unspecified atom stereocenters. The summed E-state index contributed by atoms with van der Waals surface area (Å²) in [4.78, 5) is 11.8. The van der Waals surface area contributed by atoms with Crippen molar-refractivity contribution in [2.24, 2.45) is 0 Å². The number of amides is 1. The van der Waals surface area contributed by atoms with E-state index in [1.54, 1.807) is 12.1 Å². The van der Waals surface area contributed by atoms with E-state index < -0.39 is 0 Å². The van der Waals surface area contributed by atoms with E-state index in [2.05, 4.69) is 31.4 Å². The first-order valence-electron chi connectivity index (χ1n) is 4.75. The van der Waals surface area contributed by atoms with Crippen LogP contribution in [0.4, 0.5) is 5.82 Å². The van der Waals surface area contributed by atoms with Gasteiger partial charge in [-0.3, -0.25) is 9.89 Å². The molecule has 2 N–H and O–H groups in total. The first-order chi connectivity index (χ1) is 7.66. The zero-order valence-electron chi connectivity index (χ0n) is 8.62. The molecule has 1 aromatic heterocycles. The summed E-state index contributed by atoms with van der Waals surface area (Å²) in [5, 5.41) is 9.41. The van der Waals surface area contributed by atoms with Crippen molar-refractivity contribution in [2.45, 2.75) is 6.92 Å². The number of hydrogen-bond acceptors (Lipinski definition) is 2. The van der Waals surface area contributed by atoms with Crippen LogP contribution in [0.2, 0.25) is 0 Å². The molecular weight excluding hydrogens is 270 g/mol. The fourth-order valence-electron chi connectivity index (χ4n) is 1.31. The van der Waals surface area contributed by atoms with Gasteiger partial charge in [-0.05, 0) is 35.0 Å². The second-order valence-electron chi connectivity index (χ2n) is 3.37. The van der Waals surface area contributed by atoms with Crippen LogP contribution in [0.3, 0.4) is 0 Å². The van der Waals surface area contributed by atoms with E-state index in [4.69, 9.17) is 0 Å². The van der Waals surface area contributed by atoms with Crippen molar-refractivity contribution in [3.05, 3.63) is 46.1 Å². The van der Waals surface area contributed by atoms with E-state index in [-0.39, 0.29) is 5.91 Å². The van der Waals surface area contributed by atoms with E-state index >= 15 is 0 Å². The van der Waals surface area contributed by atoms with Gasteiger partial charge in [0.25, 0.3) is 5.91 Å². The lowest BCUT2D eigenvalue weighted by atomic mass is 10.2. The minimum atomic E-state index is -0.182. The van der Waals surface area contributed by atoms with Crippen molar-refractivity contribution >= 4 is 27.7 Å². The van der Waals surface area contributed by atoms with E-state index in [0.717, 1.165) is 10.2 Å². The van der Waals surface area contributed by atoms with Crippen LogP contribution in [0.25, 0.3) is 0 Å². The third-order valence-corrected chi connectivity index (χ3v) is 2.76. The van der Waals surface area contributed by atoms with Gasteiger partial charge in [-0.1, -0.05) is 12.1 Å². The van der Waals surface area contributed by atoms with Gasteiger partial charge in [0.05, 0.1) is 5.56 Å². The van der Waals surface area contributed by atoms with Gasteiger partial charge >= 0.3 is 0 Å². The molecule has 2 rings (SSSR count). The molecule has 2 aromatic rings. The number of carbonyl (C=O) groups excluding carboxylic acids is 1. The molecule has 0 saturated carbocycles. The Balaban J connectivity index is 2.18. The van der Waals surface area contributed by atoms with Gasteiger partial charge in [-0.15, -0.1) is 0 Å². The van der Waals surface area contributed by atoms with Crippen molar-refractivity contribution in [1.82, 2.24) is 10.2 Å². The fourth-order valence-corrected chi connectivity index (χ4v) is 1.78. The Kier molecular flexibility index (Phi) is 3.05. The standard InChI is InChI=1S/C11H10BrN3O/c1-7-6-10(15-14-7)13-11(16)8-4-2-3-5-9(8)12/h2-6H,1H3,(H2,13,14,15,16). The van der Waals surface area contributed by atoms with Gasteiger partial charge in [0.2, 0.25) is 0 Å². The first-order valence-corrected chi connectivity index (χ1v) is 5.54. The quantitative estimate of drug-likeness (QED) is 0.888. The number of nitrogens with one attached hydrogen (secondary N) is 2. The number of nitrogens with zero attached hydrogens (tertiary/aromatic N) is 1. The molecule has 82 valence electrons. The Hall–Kier alpha value is -1.62. The molecule has 0 aliphatic carbocycles. The number of halogens is 1. The Bertz CT molecular complexity index is 521. The first kappa shape index (κ1) is 10.9. The van der Waals surface area contributed by atoms with Crippen molar-refractivity contribution < 1.29 is 4.79 Å². The number of aromatic amines is 1. The highest BCUT2D eigenvalue weighted by Gasteiger charge is 2.10. The summed E-state index contributed by atoms with van der Waals surface area (Å²) < 4.78 is 0.764. The summed E-state index contributed by atoms with van der Waals surface area (Å²) in [6.45, 7) is 1.88. The zero-order chi connectivity index (χ0) is 11.5. The normalized spacial score (nSPS) is 10.1. The second-order valence-corrected chi connectivity index (χ2v) is 4.22. The van der Waals surface area contributed by atoms with E-state index in [1.807, 2.05) is 25.1 Å². The SMILES string of the molecule is Cc1cc(NC(=O)c2ccccc2Br)n[nH]1. The van der Waals surface area contributed by atoms with Gasteiger partial charge in [0.1, 0.15) is 0 Å². The third kappa shape index (κ3) is 2.30. The van der Waals surface area contributed by atoms with Crippen LogP contribution in [0, 0.1) is 6.92 Å². The molecule has 0 saturated heterocycles. The summed E-state index contributed by atoms with van der Waals surface area (Å²) >= 11 is 3.33. The van der Waals surface area contributed by atoms with Crippen LogP contribution in [0.15, 0.2) is 34.8 Å². The maximum absolute atomic E-state index is 11.8. The maximum Gasteiger partial charge on any atom is 0.258 e. The number of aromatic nitrogens is 2. The molecule has 1 amide bonds. The molecule has 0 atom stereocenters.